The molecule has 0 aliphatic carbocycles. The van der Waals surface area contributed by atoms with E-state index in [-0.39, 0.29) is 50.8 Å². The number of hydrogen-bond acceptors (Lipinski definition) is 7. The molecule has 300 valence electrons. The van der Waals surface area contributed by atoms with E-state index in [2.05, 4.69) is 13.8 Å². The Labute approximate surface area is 313 Å². The average molecular weight is 725 g/mol. The molecule has 0 rings (SSSR count). The number of unbranched alkanes of at least 4 members (excludes halogenated alkanes) is 28. The predicted molar refractivity (Wildman–Crippen MR) is 208 cm³/mol. The topological polar surface area (TPSA) is 116 Å². The number of hydrogen-bond donors (Lipinski definition) is 1. The van der Waals surface area contributed by atoms with Crippen LogP contribution in [-0.4, -0.2) is 48.3 Å². The van der Waals surface area contributed by atoms with Gasteiger partial charge in [0, 0.05) is 12.8 Å². The summed E-state index contributed by atoms with van der Waals surface area (Å²) in [5, 5.41) is 8.86. The van der Waals surface area contributed by atoms with E-state index in [0.717, 1.165) is 38.5 Å². The van der Waals surface area contributed by atoms with Crippen molar-refractivity contribution in [3.05, 3.63) is 0 Å². The quantitative estimate of drug-likeness (QED) is 0.0377. The van der Waals surface area contributed by atoms with Crippen LogP contribution in [0.5, 0.6) is 0 Å². The molecule has 0 aromatic carbocycles. The Morgan fingerprint density at radius 3 is 0.922 bits per heavy atom. The van der Waals surface area contributed by atoms with Crippen molar-refractivity contribution in [2.24, 2.45) is 0 Å². The van der Waals surface area contributed by atoms with Crippen LogP contribution in [0.3, 0.4) is 0 Å². The summed E-state index contributed by atoms with van der Waals surface area (Å²) in [5.74, 6) is -2.58. The van der Waals surface area contributed by atoms with Gasteiger partial charge in [-0.2, -0.15) is 0 Å². The van der Waals surface area contributed by atoms with E-state index in [1.807, 2.05) is 0 Å². The van der Waals surface area contributed by atoms with Crippen LogP contribution in [0.1, 0.15) is 232 Å². The van der Waals surface area contributed by atoms with Gasteiger partial charge in [0.25, 0.3) is 0 Å². The van der Waals surface area contributed by atoms with Gasteiger partial charge in [0.15, 0.2) is 6.10 Å². The molecule has 0 bridgehead atoms. The second-order valence-corrected chi connectivity index (χ2v) is 14.8. The van der Waals surface area contributed by atoms with Gasteiger partial charge in [-0.1, -0.05) is 194 Å². The summed E-state index contributed by atoms with van der Waals surface area (Å²) in [4.78, 5) is 47.7. The third-order valence-corrected chi connectivity index (χ3v) is 9.67. The van der Waals surface area contributed by atoms with E-state index in [9.17, 15) is 19.2 Å². The summed E-state index contributed by atoms with van der Waals surface area (Å²) in [6, 6.07) is 0. The molecule has 0 saturated carbocycles. The third-order valence-electron chi connectivity index (χ3n) is 9.67. The SMILES string of the molecule is CCCCCCCCCCCCCCCCCC(=O)OCC(COC(=O)CCCCCCCCCCCCCCCCC)OC(=O)CCC(=O)O. The van der Waals surface area contributed by atoms with Gasteiger partial charge in [-0.05, 0) is 12.8 Å². The Morgan fingerprint density at radius 2 is 0.647 bits per heavy atom. The molecule has 0 aliphatic rings. The maximum absolute atomic E-state index is 12.3. The maximum atomic E-state index is 12.3. The van der Waals surface area contributed by atoms with E-state index in [1.54, 1.807) is 0 Å². The number of esters is 3. The highest BCUT2D eigenvalue weighted by molar-refractivity contribution is 5.76. The molecule has 0 unspecified atom stereocenters. The van der Waals surface area contributed by atoms with Gasteiger partial charge >= 0.3 is 23.9 Å². The average Bonchev–Trinajstić information content (AvgIpc) is 3.11. The molecule has 0 atom stereocenters. The molecule has 0 heterocycles. The Morgan fingerprint density at radius 1 is 0.373 bits per heavy atom. The van der Waals surface area contributed by atoms with Crippen molar-refractivity contribution < 1.29 is 38.5 Å². The van der Waals surface area contributed by atoms with Crippen molar-refractivity contribution in [2.75, 3.05) is 13.2 Å². The van der Waals surface area contributed by atoms with Gasteiger partial charge in [-0.3, -0.25) is 19.2 Å². The lowest BCUT2D eigenvalue weighted by atomic mass is 10.0. The molecular formula is C43H80O8. The summed E-state index contributed by atoms with van der Waals surface area (Å²) >= 11 is 0. The van der Waals surface area contributed by atoms with E-state index >= 15 is 0 Å². The molecule has 8 nitrogen and oxygen atoms in total. The van der Waals surface area contributed by atoms with Crippen molar-refractivity contribution in [2.45, 2.75) is 238 Å². The second kappa shape index (κ2) is 39.1. The molecule has 0 spiro atoms. The number of aliphatic carboxylic acids is 1. The fourth-order valence-corrected chi connectivity index (χ4v) is 6.37. The lowest BCUT2D eigenvalue weighted by Crippen LogP contribution is -2.31. The number of carbonyl (C=O) groups excluding carboxylic acids is 3. The van der Waals surface area contributed by atoms with Crippen molar-refractivity contribution in [1.82, 2.24) is 0 Å². The zero-order chi connectivity index (χ0) is 37.5. The standard InChI is InChI=1S/C43H80O8/c1-3-5-7-9-11-13-15-17-19-21-23-25-27-29-31-33-41(46)49-37-39(51-43(48)36-35-40(44)45)38-50-42(47)34-32-30-28-26-24-22-20-18-16-14-12-10-8-6-4-2/h39H,3-38H2,1-2H3,(H,44,45). The smallest absolute Gasteiger partial charge is 0.306 e. The summed E-state index contributed by atoms with van der Waals surface area (Å²) < 4.78 is 16.0. The van der Waals surface area contributed by atoms with Gasteiger partial charge in [-0.25, -0.2) is 0 Å². The summed E-state index contributed by atoms with van der Waals surface area (Å²) in [5.41, 5.74) is 0. The Bertz CT molecular complexity index is 764. The number of carboxylic acid groups (broad SMARTS) is 1. The molecule has 0 aromatic heterocycles. The molecule has 8 heteroatoms. The summed E-state index contributed by atoms with van der Waals surface area (Å²) in [6.07, 6.45) is 36.5. The van der Waals surface area contributed by atoms with Crippen molar-refractivity contribution >= 4 is 23.9 Å². The van der Waals surface area contributed by atoms with Crippen molar-refractivity contribution in [3.8, 4) is 0 Å². The number of rotatable bonds is 40. The Balaban J connectivity index is 4.01. The first-order chi connectivity index (χ1) is 24.9. The van der Waals surface area contributed by atoms with Crippen LogP contribution in [-0.2, 0) is 33.4 Å². The predicted octanol–water partition coefficient (Wildman–Crippen LogP) is 12.4. The molecule has 1 N–H and O–H groups in total. The van der Waals surface area contributed by atoms with E-state index in [0.29, 0.717) is 0 Å². The minimum absolute atomic E-state index is 0.220. The lowest BCUT2D eigenvalue weighted by molar-refractivity contribution is -0.167. The Hall–Kier alpha value is -2.12. The minimum atomic E-state index is -1.10. The molecule has 0 saturated heterocycles. The zero-order valence-electron chi connectivity index (χ0n) is 33.3. The number of carboxylic acids is 1. The van der Waals surface area contributed by atoms with Crippen molar-refractivity contribution in [3.63, 3.8) is 0 Å². The van der Waals surface area contributed by atoms with Crippen LogP contribution in [0.4, 0.5) is 0 Å². The molecule has 0 amide bonds. The van der Waals surface area contributed by atoms with E-state index < -0.39 is 18.0 Å². The van der Waals surface area contributed by atoms with Crippen LogP contribution in [0.2, 0.25) is 0 Å². The van der Waals surface area contributed by atoms with E-state index in [1.165, 1.54) is 154 Å². The van der Waals surface area contributed by atoms with Crippen LogP contribution >= 0.6 is 0 Å². The molecule has 0 aromatic rings. The van der Waals surface area contributed by atoms with Crippen LogP contribution in [0, 0.1) is 0 Å². The Kier molecular flexibility index (Phi) is 37.5. The van der Waals surface area contributed by atoms with E-state index in [4.69, 9.17) is 19.3 Å². The minimum Gasteiger partial charge on any atom is -0.481 e. The second-order valence-electron chi connectivity index (χ2n) is 14.8. The maximum Gasteiger partial charge on any atom is 0.306 e. The van der Waals surface area contributed by atoms with Crippen LogP contribution in [0.25, 0.3) is 0 Å². The van der Waals surface area contributed by atoms with Crippen LogP contribution < -0.4 is 0 Å². The fraction of sp³-hybridized carbons (Fsp3) is 0.907. The summed E-state index contributed by atoms with van der Waals surface area (Å²) in [7, 11) is 0. The first kappa shape index (κ1) is 48.9. The van der Waals surface area contributed by atoms with Gasteiger partial charge in [0.1, 0.15) is 13.2 Å². The number of carbonyl (C=O) groups is 4. The largest absolute Gasteiger partial charge is 0.481 e. The number of ether oxygens (including phenoxy) is 3. The molecule has 0 radical (unpaired) electrons. The third kappa shape index (κ3) is 38.9. The van der Waals surface area contributed by atoms with Gasteiger partial charge in [0.2, 0.25) is 0 Å². The summed E-state index contributed by atoms with van der Waals surface area (Å²) in [6.45, 7) is 4.08. The molecule has 0 aliphatic heterocycles. The first-order valence-electron chi connectivity index (χ1n) is 21.6. The lowest BCUT2D eigenvalue weighted by Gasteiger charge is -2.18. The highest BCUT2D eigenvalue weighted by atomic mass is 16.6. The molecular weight excluding hydrogens is 644 g/mol. The van der Waals surface area contributed by atoms with Crippen LogP contribution in [0.15, 0.2) is 0 Å². The molecule has 0 fully saturated rings. The highest BCUT2D eigenvalue weighted by Gasteiger charge is 2.20. The normalized spacial score (nSPS) is 11.2. The highest BCUT2D eigenvalue weighted by Crippen LogP contribution is 2.16. The van der Waals surface area contributed by atoms with Gasteiger partial charge < -0.3 is 19.3 Å². The zero-order valence-corrected chi connectivity index (χ0v) is 33.3. The van der Waals surface area contributed by atoms with Gasteiger partial charge in [0.05, 0.1) is 12.8 Å². The monoisotopic (exact) mass is 725 g/mol. The fourth-order valence-electron chi connectivity index (χ4n) is 6.37. The van der Waals surface area contributed by atoms with Gasteiger partial charge in [-0.15, -0.1) is 0 Å². The first-order valence-corrected chi connectivity index (χ1v) is 21.6. The molecule has 51 heavy (non-hydrogen) atoms. The van der Waals surface area contributed by atoms with Crippen molar-refractivity contribution in [1.29, 1.82) is 0 Å².